The summed E-state index contributed by atoms with van der Waals surface area (Å²) in [7, 11) is 0. The maximum atomic E-state index is 15.0. The minimum atomic E-state index is -7.16. The van der Waals surface area contributed by atoms with Gasteiger partial charge in [0.15, 0.2) is 34.9 Å². The van der Waals surface area contributed by atoms with E-state index in [1.54, 1.807) is 0 Å². The molecule has 0 atom stereocenters. The van der Waals surface area contributed by atoms with Crippen molar-refractivity contribution in [2.75, 3.05) is 0 Å². The topological polar surface area (TPSA) is 0 Å². The van der Waals surface area contributed by atoms with Crippen LogP contribution in [-0.2, 0) is 30.6 Å². The Morgan fingerprint density at radius 2 is 0.432 bits per heavy atom. The van der Waals surface area contributed by atoms with E-state index in [0.29, 0.717) is 0 Å². The lowest BCUT2D eigenvalue weighted by Crippen LogP contribution is -2.34. The average Bonchev–Trinajstić information content (AvgIpc) is 2.65. The number of rotatable bonds is 2. The van der Waals surface area contributed by atoms with Crippen LogP contribution >= 0.6 is 0 Å². The van der Waals surface area contributed by atoms with Gasteiger partial charge >= 0.3 is 30.6 Å². The third kappa shape index (κ3) is 4.85. The van der Waals surface area contributed by atoms with Crippen molar-refractivity contribution in [1.29, 1.82) is 0 Å². The lowest BCUT2D eigenvalue weighted by atomic mass is 9.86. The summed E-state index contributed by atoms with van der Waals surface area (Å²) in [6.07, 6.45) is -28.0. The van der Waals surface area contributed by atoms with Crippen LogP contribution in [0.1, 0.15) is 33.4 Å². The third-order valence-electron chi connectivity index (χ3n) is 4.41. The van der Waals surface area contributed by atoms with E-state index in [1.807, 2.05) is 0 Å². The molecule has 0 amide bonds. The third-order valence-corrected chi connectivity index (χ3v) is 4.41. The maximum Gasteiger partial charge on any atom is 0.419 e. The van der Waals surface area contributed by atoms with Crippen molar-refractivity contribution in [3.05, 3.63) is 68.3 Å². The summed E-state index contributed by atoms with van der Waals surface area (Å²) in [4.78, 5) is 0. The van der Waals surface area contributed by atoms with Crippen LogP contribution in [0.25, 0.3) is 0 Å². The van der Waals surface area contributed by atoms with Gasteiger partial charge in [0.25, 0.3) is 0 Å². The highest BCUT2D eigenvalue weighted by atomic mass is 19.4. The van der Waals surface area contributed by atoms with Crippen LogP contribution in [0, 0.1) is 34.9 Å². The number of alkyl halides is 14. The van der Waals surface area contributed by atoms with Gasteiger partial charge in [0.05, 0.1) is 22.3 Å². The molecular weight excluding hydrogens is 584 g/mol. The molecule has 2 rings (SSSR count). The van der Waals surface area contributed by atoms with Crippen LogP contribution in [0.2, 0.25) is 0 Å². The highest BCUT2D eigenvalue weighted by Gasteiger charge is 2.60. The van der Waals surface area contributed by atoms with Crippen molar-refractivity contribution in [3.8, 4) is 0 Å². The Bertz CT molecular complexity index is 1140. The van der Waals surface area contributed by atoms with Crippen molar-refractivity contribution < 1.29 is 87.8 Å². The van der Waals surface area contributed by atoms with E-state index in [1.165, 1.54) is 0 Å². The van der Waals surface area contributed by atoms with E-state index in [9.17, 15) is 87.8 Å². The first-order valence-electron chi connectivity index (χ1n) is 8.28. The largest absolute Gasteiger partial charge is 0.419 e. The van der Waals surface area contributed by atoms with Crippen molar-refractivity contribution in [2.45, 2.75) is 30.6 Å². The van der Waals surface area contributed by atoms with E-state index < -0.39 is 98.9 Å². The minimum absolute atomic E-state index is 3.87. The molecule has 0 saturated carbocycles. The molecular formula is C17F20. The van der Waals surface area contributed by atoms with Crippen LogP contribution in [0.5, 0.6) is 0 Å². The summed E-state index contributed by atoms with van der Waals surface area (Å²) in [5.41, 5.74) is -25.6. The number of hydrogen-bond acceptors (Lipinski definition) is 0. The summed E-state index contributed by atoms with van der Waals surface area (Å²) < 4.78 is 271. The van der Waals surface area contributed by atoms with Gasteiger partial charge in [-0.25, -0.2) is 26.3 Å². The highest BCUT2D eigenvalue weighted by molar-refractivity contribution is 5.53. The molecule has 0 aliphatic rings. The van der Waals surface area contributed by atoms with E-state index >= 15 is 0 Å². The smallest absolute Gasteiger partial charge is 0.203 e. The van der Waals surface area contributed by atoms with Crippen molar-refractivity contribution in [1.82, 2.24) is 0 Å². The molecule has 0 fully saturated rings. The van der Waals surface area contributed by atoms with Gasteiger partial charge in [-0.1, -0.05) is 0 Å². The Morgan fingerprint density at radius 1 is 0.243 bits per heavy atom. The summed E-state index contributed by atoms with van der Waals surface area (Å²) in [5.74, 6) is -30.8. The fourth-order valence-corrected chi connectivity index (χ4v) is 3.13. The second-order valence-electron chi connectivity index (χ2n) is 6.70. The minimum Gasteiger partial charge on any atom is -0.203 e. The Hall–Kier alpha value is -2.96. The molecule has 37 heavy (non-hydrogen) atoms. The fraction of sp³-hybridized carbons (Fsp3) is 0.294. The van der Waals surface area contributed by atoms with E-state index in [-0.39, 0.29) is 0 Å². The van der Waals surface area contributed by atoms with Gasteiger partial charge < -0.3 is 0 Å². The Kier molecular flexibility index (Phi) is 6.98. The summed E-state index contributed by atoms with van der Waals surface area (Å²) >= 11 is 0. The number of halogens is 20. The van der Waals surface area contributed by atoms with Gasteiger partial charge in [0, 0.05) is 0 Å². The predicted molar refractivity (Wildman–Crippen MR) is 75.6 cm³/mol. The van der Waals surface area contributed by atoms with Crippen LogP contribution in [0.15, 0.2) is 0 Å². The zero-order valence-corrected chi connectivity index (χ0v) is 16.1. The lowest BCUT2D eigenvalue weighted by molar-refractivity contribution is -0.169. The summed E-state index contributed by atoms with van der Waals surface area (Å²) in [6, 6.07) is 0. The molecule has 0 aliphatic carbocycles. The monoisotopic (exact) mass is 584 g/mol. The fourth-order valence-electron chi connectivity index (χ4n) is 3.13. The SMILES string of the molecule is Fc1c(F)c(C(F)(F)F)c(C(F)(F)F)c(C(F)(F)c2c(F)c(F)c(F)c(C(F)(F)F)c2C(F)(F)F)c1F. The standard InChI is InChI=1S/C17F20/c18-7-3(1(14(26,27)28)5(16(32,33)34)9(20)11(7)22)13(24,25)4-2(15(29,30)31)6(17(35,36)37)10(21)12(23)8(4)19. The summed E-state index contributed by atoms with van der Waals surface area (Å²) in [5, 5.41) is 0. The van der Waals surface area contributed by atoms with Crippen LogP contribution < -0.4 is 0 Å². The first-order chi connectivity index (χ1) is 16.2. The normalized spacial score (nSPS) is 13.9. The van der Waals surface area contributed by atoms with Crippen molar-refractivity contribution in [2.24, 2.45) is 0 Å². The van der Waals surface area contributed by atoms with Gasteiger partial charge in [-0.3, -0.25) is 0 Å². The van der Waals surface area contributed by atoms with Gasteiger partial charge in [-0.15, -0.1) is 0 Å². The Morgan fingerprint density at radius 3 is 0.622 bits per heavy atom. The van der Waals surface area contributed by atoms with E-state index in [2.05, 4.69) is 0 Å². The zero-order valence-electron chi connectivity index (χ0n) is 16.1. The number of benzene rings is 2. The average molecular weight is 584 g/mol. The Balaban J connectivity index is 3.40. The molecule has 0 saturated heterocycles. The van der Waals surface area contributed by atoms with Crippen molar-refractivity contribution >= 4 is 0 Å². The molecule has 0 nitrogen and oxygen atoms in total. The van der Waals surface area contributed by atoms with Gasteiger partial charge in [0.1, 0.15) is 11.1 Å². The summed E-state index contributed by atoms with van der Waals surface area (Å²) in [6.45, 7) is 0. The molecule has 0 bridgehead atoms. The molecule has 0 radical (unpaired) electrons. The van der Waals surface area contributed by atoms with Crippen LogP contribution in [0.4, 0.5) is 87.8 Å². The molecule has 0 spiro atoms. The molecule has 0 aromatic heterocycles. The predicted octanol–water partition coefficient (Wildman–Crippen LogP) is 8.74. The lowest BCUT2D eigenvalue weighted by Gasteiger charge is -2.29. The Labute approximate surface area is 188 Å². The molecule has 20 heteroatoms. The van der Waals surface area contributed by atoms with Gasteiger partial charge in [0.2, 0.25) is 0 Å². The number of hydrogen-bond donors (Lipinski definition) is 0. The van der Waals surface area contributed by atoms with Crippen LogP contribution in [0.3, 0.4) is 0 Å². The first kappa shape index (κ1) is 30.3. The quantitative estimate of drug-likeness (QED) is 0.245. The van der Waals surface area contributed by atoms with Crippen molar-refractivity contribution in [3.63, 3.8) is 0 Å². The van der Waals surface area contributed by atoms with Gasteiger partial charge in [-0.2, -0.15) is 61.5 Å². The second-order valence-corrected chi connectivity index (χ2v) is 6.70. The van der Waals surface area contributed by atoms with Crippen LogP contribution in [-0.4, -0.2) is 0 Å². The maximum absolute atomic E-state index is 15.0. The zero-order chi connectivity index (χ0) is 29.4. The molecule has 0 heterocycles. The molecule has 2 aromatic carbocycles. The molecule has 0 aliphatic heterocycles. The molecule has 0 N–H and O–H groups in total. The van der Waals surface area contributed by atoms with Gasteiger partial charge in [-0.05, 0) is 0 Å². The highest BCUT2D eigenvalue weighted by Crippen LogP contribution is 2.55. The van der Waals surface area contributed by atoms with E-state index in [4.69, 9.17) is 0 Å². The van der Waals surface area contributed by atoms with E-state index in [0.717, 1.165) is 0 Å². The molecule has 0 unspecified atom stereocenters. The molecule has 2 aromatic rings. The first-order valence-corrected chi connectivity index (χ1v) is 8.28. The second kappa shape index (κ2) is 8.53. The molecule has 208 valence electrons.